The maximum Gasteiger partial charge on any atom is 0.389 e. The minimum atomic E-state index is -4.09. The highest BCUT2D eigenvalue weighted by molar-refractivity contribution is 5.94. The Morgan fingerprint density at radius 1 is 1.05 bits per heavy atom. The van der Waals surface area contributed by atoms with Crippen LogP contribution in [-0.4, -0.2) is 52.8 Å². The van der Waals surface area contributed by atoms with Crippen LogP contribution in [0.4, 0.5) is 24.7 Å². The number of anilines is 2. The van der Waals surface area contributed by atoms with E-state index in [0.29, 0.717) is 40.9 Å². The standard InChI is InChI=1S/C29H30F3N5O2/c1-39-25-5-2-4-23(35-25)24-18-21-10-14-33-28(38)26(21)27(36-24)34-22-8-6-19(7-9-22)20-11-16-37(17-12-20)15-3-13-29(30,31)32/h2,4-10,14,18,20H,3,11-13,15-17H2,1H3,(H,33,38)(H,34,36). The third-order valence-corrected chi connectivity index (χ3v) is 7.12. The molecule has 39 heavy (non-hydrogen) atoms. The van der Waals surface area contributed by atoms with Gasteiger partial charge in [-0.05, 0) is 86.1 Å². The first-order valence-electron chi connectivity index (χ1n) is 13.0. The van der Waals surface area contributed by atoms with E-state index in [1.165, 1.54) is 5.56 Å². The zero-order valence-corrected chi connectivity index (χ0v) is 21.6. The van der Waals surface area contributed by atoms with Crippen LogP contribution in [0.3, 0.4) is 0 Å². The van der Waals surface area contributed by atoms with Gasteiger partial charge in [0.25, 0.3) is 5.56 Å². The predicted molar refractivity (Wildman–Crippen MR) is 146 cm³/mol. The number of halogens is 3. The number of H-pyrrole nitrogens is 1. The van der Waals surface area contributed by atoms with Crippen LogP contribution in [0.2, 0.25) is 0 Å². The Hall–Kier alpha value is -3.92. The van der Waals surface area contributed by atoms with Gasteiger partial charge >= 0.3 is 6.18 Å². The molecule has 0 aliphatic carbocycles. The number of benzene rings is 1. The minimum absolute atomic E-state index is 0.148. The number of rotatable bonds is 8. The molecule has 4 aromatic rings. The lowest BCUT2D eigenvalue weighted by molar-refractivity contribution is -0.136. The number of pyridine rings is 3. The highest BCUT2D eigenvalue weighted by Gasteiger charge is 2.27. The van der Waals surface area contributed by atoms with Crippen molar-refractivity contribution in [3.05, 3.63) is 76.7 Å². The molecule has 204 valence electrons. The first kappa shape index (κ1) is 26.7. The maximum absolute atomic E-state index is 12.7. The van der Waals surface area contributed by atoms with Crippen LogP contribution in [-0.2, 0) is 0 Å². The largest absolute Gasteiger partial charge is 0.481 e. The number of hydrogen-bond donors (Lipinski definition) is 2. The predicted octanol–water partition coefficient (Wildman–Crippen LogP) is 6.26. The Labute approximate surface area is 224 Å². The van der Waals surface area contributed by atoms with Crippen LogP contribution < -0.4 is 15.6 Å². The van der Waals surface area contributed by atoms with Crippen molar-refractivity contribution in [2.24, 2.45) is 0 Å². The molecule has 0 bridgehead atoms. The van der Waals surface area contributed by atoms with E-state index in [0.717, 1.165) is 37.0 Å². The smallest absolute Gasteiger partial charge is 0.389 e. The number of aromatic nitrogens is 3. The fourth-order valence-corrected chi connectivity index (χ4v) is 5.08. The van der Waals surface area contributed by atoms with E-state index >= 15 is 0 Å². The van der Waals surface area contributed by atoms with Crippen molar-refractivity contribution in [3.8, 4) is 17.3 Å². The molecule has 1 saturated heterocycles. The fourth-order valence-electron chi connectivity index (χ4n) is 5.08. The summed E-state index contributed by atoms with van der Waals surface area (Å²) in [5.41, 5.74) is 2.97. The Morgan fingerprint density at radius 2 is 1.82 bits per heavy atom. The van der Waals surface area contributed by atoms with Crippen molar-refractivity contribution in [2.75, 3.05) is 32.1 Å². The van der Waals surface area contributed by atoms with E-state index in [4.69, 9.17) is 9.72 Å². The molecule has 0 atom stereocenters. The maximum atomic E-state index is 12.7. The molecule has 0 unspecified atom stereocenters. The molecule has 0 radical (unpaired) electrons. The number of nitrogens with one attached hydrogen (secondary N) is 2. The molecule has 10 heteroatoms. The zero-order chi connectivity index (χ0) is 27.4. The van der Waals surface area contributed by atoms with Crippen LogP contribution in [0.25, 0.3) is 22.2 Å². The molecule has 0 saturated carbocycles. The minimum Gasteiger partial charge on any atom is -0.481 e. The van der Waals surface area contributed by atoms with E-state index in [2.05, 4.69) is 32.3 Å². The molecule has 4 heterocycles. The quantitative estimate of drug-likeness (QED) is 0.276. The Bertz CT molecular complexity index is 1480. The molecule has 1 aromatic carbocycles. The van der Waals surface area contributed by atoms with Crippen molar-refractivity contribution in [2.45, 2.75) is 37.8 Å². The monoisotopic (exact) mass is 537 g/mol. The summed E-state index contributed by atoms with van der Waals surface area (Å²) in [4.78, 5) is 26.8. The summed E-state index contributed by atoms with van der Waals surface area (Å²) in [5.74, 6) is 1.26. The van der Waals surface area contributed by atoms with Crippen molar-refractivity contribution in [3.63, 3.8) is 0 Å². The average Bonchev–Trinajstić information content (AvgIpc) is 2.93. The summed E-state index contributed by atoms with van der Waals surface area (Å²) < 4.78 is 42.6. The summed E-state index contributed by atoms with van der Waals surface area (Å²) in [6, 6.07) is 17.1. The van der Waals surface area contributed by atoms with E-state index in [1.54, 1.807) is 19.4 Å². The second kappa shape index (κ2) is 11.4. The Morgan fingerprint density at radius 3 is 2.54 bits per heavy atom. The van der Waals surface area contributed by atoms with Crippen LogP contribution >= 0.6 is 0 Å². The van der Waals surface area contributed by atoms with E-state index < -0.39 is 12.6 Å². The lowest BCUT2D eigenvalue weighted by Crippen LogP contribution is -2.34. The van der Waals surface area contributed by atoms with Gasteiger partial charge in [-0.2, -0.15) is 13.2 Å². The zero-order valence-electron chi connectivity index (χ0n) is 21.6. The fraction of sp³-hybridized carbons (Fsp3) is 0.345. The molecule has 1 aliphatic heterocycles. The first-order valence-corrected chi connectivity index (χ1v) is 13.0. The Kier molecular flexibility index (Phi) is 7.83. The second-order valence-electron chi connectivity index (χ2n) is 9.77. The molecule has 1 fully saturated rings. The number of piperidine rings is 1. The number of methoxy groups -OCH3 is 1. The van der Waals surface area contributed by atoms with Crippen LogP contribution in [0.1, 0.15) is 37.2 Å². The van der Waals surface area contributed by atoms with Crippen molar-refractivity contribution in [1.29, 1.82) is 0 Å². The first-order chi connectivity index (χ1) is 18.8. The molecule has 0 amide bonds. The van der Waals surface area contributed by atoms with Gasteiger partial charge in [-0.1, -0.05) is 18.2 Å². The number of nitrogens with zero attached hydrogens (tertiary/aromatic N) is 3. The van der Waals surface area contributed by atoms with Crippen molar-refractivity contribution >= 4 is 22.3 Å². The van der Waals surface area contributed by atoms with Gasteiger partial charge in [-0.25, -0.2) is 9.97 Å². The molecule has 0 spiro atoms. The van der Waals surface area contributed by atoms with Gasteiger partial charge in [0.15, 0.2) is 0 Å². The van der Waals surface area contributed by atoms with Crippen molar-refractivity contribution in [1.82, 2.24) is 19.9 Å². The molecule has 2 N–H and O–H groups in total. The summed E-state index contributed by atoms with van der Waals surface area (Å²) >= 11 is 0. The number of alkyl halides is 3. The molecule has 5 rings (SSSR count). The highest BCUT2D eigenvalue weighted by atomic mass is 19.4. The van der Waals surface area contributed by atoms with E-state index in [1.807, 2.05) is 36.4 Å². The van der Waals surface area contributed by atoms with Crippen LogP contribution in [0.15, 0.2) is 65.6 Å². The number of ether oxygens (including phenoxy) is 1. The van der Waals surface area contributed by atoms with Gasteiger partial charge in [-0.3, -0.25) is 4.79 Å². The average molecular weight is 538 g/mol. The van der Waals surface area contributed by atoms with Crippen LogP contribution in [0, 0.1) is 0 Å². The molecule has 3 aromatic heterocycles. The lowest BCUT2D eigenvalue weighted by Gasteiger charge is -2.32. The lowest BCUT2D eigenvalue weighted by atomic mass is 9.89. The van der Waals surface area contributed by atoms with E-state index in [-0.39, 0.29) is 12.0 Å². The van der Waals surface area contributed by atoms with Gasteiger partial charge in [-0.15, -0.1) is 0 Å². The SMILES string of the molecule is COc1cccc(-c2cc3cc[nH]c(=O)c3c(Nc3ccc(C4CCN(CCCC(F)(F)F)CC4)cc3)n2)n1. The summed E-state index contributed by atoms with van der Waals surface area (Å²) in [5, 5.41) is 4.49. The summed E-state index contributed by atoms with van der Waals surface area (Å²) in [6.45, 7) is 2.08. The van der Waals surface area contributed by atoms with Gasteiger partial charge in [0.05, 0.1) is 23.9 Å². The normalized spacial score (nSPS) is 15.0. The molecule has 7 nitrogen and oxygen atoms in total. The van der Waals surface area contributed by atoms with Gasteiger partial charge in [0, 0.05) is 24.4 Å². The molecule has 1 aliphatic rings. The van der Waals surface area contributed by atoms with Gasteiger partial charge in [0.2, 0.25) is 5.88 Å². The van der Waals surface area contributed by atoms with Gasteiger partial charge < -0.3 is 19.9 Å². The topological polar surface area (TPSA) is 83.1 Å². The highest BCUT2D eigenvalue weighted by Crippen LogP contribution is 2.31. The molecular formula is C29H30F3N5O2. The summed E-state index contributed by atoms with van der Waals surface area (Å²) in [6.07, 6.45) is -1.23. The third kappa shape index (κ3) is 6.57. The van der Waals surface area contributed by atoms with E-state index in [9.17, 15) is 18.0 Å². The number of fused-ring (bicyclic) bond motifs is 1. The summed E-state index contributed by atoms with van der Waals surface area (Å²) in [7, 11) is 1.55. The van der Waals surface area contributed by atoms with Gasteiger partial charge in [0.1, 0.15) is 5.82 Å². The van der Waals surface area contributed by atoms with Crippen LogP contribution in [0.5, 0.6) is 5.88 Å². The second-order valence-corrected chi connectivity index (χ2v) is 9.77. The number of hydrogen-bond acceptors (Lipinski definition) is 6. The molecular weight excluding hydrogens is 507 g/mol. The number of aromatic amines is 1. The van der Waals surface area contributed by atoms with Crippen molar-refractivity contribution < 1.29 is 17.9 Å². The Balaban J connectivity index is 1.31. The number of likely N-dealkylation sites (tertiary alicyclic amines) is 1. The third-order valence-electron chi connectivity index (χ3n) is 7.12.